The van der Waals surface area contributed by atoms with Crippen LogP contribution in [-0.2, 0) is 0 Å². The van der Waals surface area contributed by atoms with E-state index in [4.69, 9.17) is 0 Å². The van der Waals surface area contributed by atoms with Gasteiger partial charge >= 0.3 is 0 Å². The zero-order valence-corrected chi connectivity index (χ0v) is 9.97. The van der Waals surface area contributed by atoms with Gasteiger partial charge in [0, 0.05) is 5.56 Å². The third kappa shape index (κ3) is 2.25. The van der Waals surface area contributed by atoms with E-state index in [1.165, 1.54) is 6.92 Å². The fourth-order valence-electron chi connectivity index (χ4n) is 1.82. The molecule has 1 N–H and O–H groups in total. The predicted molar refractivity (Wildman–Crippen MR) is 64.5 cm³/mol. The number of hydrogen-bond donors (Lipinski definition) is 1. The van der Waals surface area contributed by atoms with Gasteiger partial charge in [-0.2, -0.15) is 4.39 Å². The molecule has 0 bridgehead atoms. The number of nitrogens with zero attached hydrogens (tertiary/aromatic N) is 1. The molecule has 0 radical (unpaired) electrons. The molecule has 0 amide bonds. The lowest BCUT2D eigenvalue weighted by Gasteiger charge is -2.05. The van der Waals surface area contributed by atoms with Crippen molar-refractivity contribution < 1.29 is 4.39 Å². The number of nitrogens with one attached hydrogen (secondary N) is 1. The minimum absolute atomic E-state index is 0.114. The highest BCUT2D eigenvalue weighted by Gasteiger charge is 2.09. The molecule has 0 saturated carbocycles. The fraction of sp³-hybridized carbons (Fsp3) is 0.231. The molecule has 0 unspecified atom stereocenters. The SMILES string of the molecule is Cc1cc(C)cc(-c2nc(C)c(F)c(=O)[nH]2)c1. The van der Waals surface area contributed by atoms with Gasteiger partial charge in [0.2, 0.25) is 5.82 Å². The van der Waals surface area contributed by atoms with E-state index in [1.807, 2.05) is 32.0 Å². The van der Waals surface area contributed by atoms with Gasteiger partial charge in [0.1, 0.15) is 5.82 Å². The Hall–Kier alpha value is -1.97. The summed E-state index contributed by atoms with van der Waals surface area (Å²) in [7, 11) is 0. The summed E-state index contributed by atoms with van der Waals surface area (Å²) >= 11 is 0. The molecule has 1 aromatic heterocycles. The number of benzene rings is 1. The smallest absolute Gasteiger partial charge is 0.287 e. The Balaban J connectivity index is 2.65. The molecule has 2 aromatic rings. The van der Waals surface area contributed by atoms with Crippen LogP contribution in [-0.4, -0.2) is 9.97 Å². The molecule has 3 nitrogen and oxygen atoms in total. The summed E-state index contributed by atoms with van der Waals surface area (Å²) in [5.41, 5.74) is 2.33. The minimum Gasteiger partial charge on any atom is -0.304 e. The van der Waals surface area contributed by atoms with Crippen molar-refractivity contribution in [2.24, 2.45) is 0 Å². The summed E-state index contributed by atoms with van der Waals surface area (Å²) in [6.07, 6.45) is 0. The van der Waals surface area contributed by atoms with Crippen molar-refractivity contribution in [3.8, 4) is 11.4 Å². The van der Waals surface area contributed by atoms with Crippen LogP contribution >= 0.6 is 0 Å². The van der Waals surface area contributed by atoms with Crippen molar-refractivity contribution in [3.63, 3.8) is 0 Å². The van der Waals surface area contributed by atoms with Crippen LogP contribution in [0.4, 0.5) is 4.39 Å². The van der Waals surface area contributed by atoms with Gasteiger partial charge in [-0.15, -0.1) is 0 Å². The Morgan fingerprint density at radius 1 is 1.12 bits per heavy atom. The standard InChI is InChI=1S/C13H13FN2O/c1-7-4-8(2)6-10(5-7)12-15-9(3)11(14)13(17)16-12/h4-6H,1-3H3,(H,15,16,17). The minimum atomic E-state index is -0.821. The van der Waals surface area contributed by atoms with E-state index in [0.29, 0.717) is 5.82 Å². The van der Waals surface area contributed by atoms with E-state index in [1.54, 1.807) is 0 Å². The zero-order chi connectivity index (χ0) is 12.6. The quantitative estimate of drug-likeness (QED) is 0.821. The van der Waals surface area contributed by atoms with Crippen molar-refractivity contribution in [1.82, 2.24) is 9.97 Å². The highest BCUT2D eigenvalue weighted by atomic mass is 19.1. The normalized spacial score (nSPS) is 10.6. The number of hydrogen-bond acceptors (Lipinski definition) is 2. The lowest BCUT2D eigenvalue weighted by Crippen LogP contribution is -2.15. The molecular formula is C13H13FN2O. The Morgan fingerprint density at radius 3 is 2.24 bits per heavy atom. The van der Waals surface area contributed by atoms with Crippen LogP contribution < -0.4 is 5.56 Å². The molecule has 0 atom stereocenters. The van der Waals surface area contributed by atoms with Crippen molar-refractivity contribution in [1.29, 1.82) is 0 Å². The first kappa shape index (κ1) is 11.5. The van der Waals surface area contributed by atoms with E-state index in [0.717, 1.165) is 16.7 Å². The van der Waals surface area contributed by atoms with Crippen LogP contribution in [0.3, 0.4) is 0 Å². The molecule has 4 heteroatoms. The second kappa shape index (κ2) is 4.13. The second-order valence-corrected chi connectivity index (χ2v) is 4.19. The first-order valence-electron chi connectivity index (χ1n) is 5.32. The summed E-state index contributed by atoms with van der Waals surface area (Å²) in [5, 5.41) is 0. The lowest BCUT2D eigenvalue weighted by molar-refractivity contribution is 0.589. The summed E-state index contributed by atoms with van der Waals surface area (Å²) in [6, 6.07) is 5.84. The van der Waals surface area contributed by atoms with Crippen molar-refractivity contribution >= 4 is 0 Å². The van der Waals surface area contributed by atoms with Crippen LogP contribution in [0.15, 0.2) is 23.0 Å². The molecule has 0 fully saturated rings. The molecule has 2 rings (SSSR count). The maximum Gasteiger partial charge on any atom is 0.287 e. The molecule has 1 aromatic carbocycles. The molecule has 0 saturated heterocycles. The third-order valence-corrected chi connectivity index (χ3v) is 2.52. The molecule has 17 heavy (non-hydrogen) atoms. The average Bonchev–Trinajstić information content (AvgIpc) is 2.23. The number of aryl methyl sites for hydroxylation is 3. The maximum atomic E-state index is 13.2. The largest absolute Gasteiger partial charge is 0.304 e. The highest BCUT2D eigenvalue weighted by molar-refractivity contribution is 5.57. The topological polar surface area (TPSA) is 45.8 Å². The first-order valence-corrected chi connectivity index (χ1v) is 5.32. The Labute approximate surface area is 98.3 Å². The van der Waals surface area contributed by atoms with Gasteiger partial charge in [-0.1, -0.05) is 17.2 Å². The van der Waals surface area contributed by atoms with Crippen molar-refractivity contribution in [2.75, 3.05) is 0 Å². The predicted octanol–water partition coefficient (Wildman–Crippen LogP) is 2.50. The average molecular weight is 232 g/mol. The lowest BCUT2D eigenvalue weighted by atomic mass is 10.1. The first-order chi connectivity index (χ1) is 7.97. The van der Waals surface area contributed by atoms with E-state index >= 15 is 0 Å². The van der Waals surface area contributed by atoms with Gasteiger partial charge in [-0.25, -0.2) is 4.98 Å². The number of aromatic amines is 1. The van der Waals surface area contributed by atoms with Gasteiger partial charge in [0.05, 0.1) is 5.69 Å². The number of H-pyrrole nitrogens is 1. The maximum absolute atomic E-state index is 13.2. The van der Waals surface area contributed by atoms with E-state index in [9.17, 15) is 9.18 Å². The summed E-state index contributed by atoms with van der Waals surface area (Å²) in [4.78, 5) is 17.8. The summed E-state index contributed by atoms with van der Waals surface area (Å²) in [5.74, 6) is -0.418. The molecule has 0 aliphatic carbocycles. The molecule has 1 heterocycles. The van der Waals surface area contributed by atoms with Gasteiger partial charge < -0.3 is 4.98 Å². The molecule has 0 aliphatic heterocycles. The van der Waals surface area contributed by atoms with E-state index in [2.05, 4.69) is 9.97 Å². The highest BCUT2D eigenvalue weighted by Crippen LogP contribution is 2.18. The Morgan fingerprint density at radius 2 is 1.71 bits per heavy atom. The van der Waals surface area contributed by atoms with Crippen LogP contribution in [0.25, 0.3) is 11.4 Å². The van der Waals surface area contributed by atoms with Gasteiger partial charge in [0.25, 0.3) is 5.56 Å². The van der Waals surface area contributed by atoms with Crippen molar-refractivity contribution in [2.45, 2.75) is 20.8 Å². The molecular weight excluding hydrogens is 219 g/mol. The third-order valence-electron chi connectivity index (χ3n) is 2.52. The van der Waals surface area contributed by atoms with Crippen LogP contribution in [0.2, 0.25) is 0 Å². The fourth-order valence-corrected chi connectivity index (χ4v) is 1.82. The number of aromatic nitrogens is 2. The monoisotopic (exact) mass is 232 g/mol. The number of rotatable bonds is 1. The molecule has 88 valence electrons. The van der Waals surface area contributed by atoms with E-state index in [-0.39, 0.29) is 5.69 Å². The summed E-state index contributed by atoms with van der Waals surface area (Å²) < 4.78 is 13.2. The van der Waals surface area contributed by atoms with Crippen LogP contribution in [0.1, 0.15) is 16.8 Å². The van der Waals surface area contributed by atoms with Gasteiger partial charge in [-0.3, -0.25) is 4.79 Å². The Bertz CT molecular complexity index is 612. The molecule has 0 spiro atoms. The van der Waals surface area contributed by atoms with Crippen LogP contribution in [0.5, 0.6) is 0 Å². The second-order valence-electron chi connectivity index (χ2n) is 4.19. The van der Waals surface area contributed by atoms with Gasteiger partial charge in [0.15, 0.2) is 0 Å². The van der Waals surface area contributed by atoms with Crippen molar-refractivity contribution in [3.05, 3.63) is 51.2 Å². The molecule has 0 aliphatic rings. The van der Waals surface area contributed by atoms with E-state index < -0.39 is 11.4 Å². The summed E-state index contributed by atoms with van der Waals surface area (Å²) in [6.45, 7) is 5.41. The van der Waals surface area contributed by atoms with Crippen LogP contribution in [0, 0.1) is 26.6 Å². The Kier molecular flexibility index (Phi) is 2.79. The van der Waals surface area contributed by atoms with Gasteiger partial charge in [-0.05, 0) is 32.9 Å². The number of halogens is 1. The zero-order valence-electron chi connectivity index (χ0n) is 9.97.